The van der Waals surface area contributed by atoms with Crippen LogP contribution in [0, 0.1) is 0 Å². The molecule has 0 atom stereocenters. The highest BCUT2D eigenvalue weighted by Gasteiger charge is 2.17. The van der Waals surface area contributed by atoms with Gasteiger partial charge in [-0.3, -0.25) is 4.79 Å². The Hall–Kier alpha value is -3.96. The first-order chi connectivity index (χ1) is 19.0. The number of benzene rings is 1. The van der Waals surface area contributed by atoms with Gasteiger partial charge in [-0.25, -0.2) is 9.78 Å². The van der Waals surface area contributed by atoms with E-state index in [9.17, 15) is 9.59 Å². The number of hydrogen-bond donors (Lipinski definition) is 4. The van der Waals surface area contributed by atoms with Crippen LogP contribution in [0.5, 0.6) is 17.2 Å². The monoisotopic (exact) mass is 560 g/mol. The molecule has 0 aliphatic heterocycles. The number of amides is 2. The van der Waals surface area contributed by atoms with Crippen molar-refractivity contribution < 1.29 is 28.5 Å². The molecule has 222 valence electrons. The van der Waals surface area contributed by atoms with Crippen molar-refractivity contribution in [1.82, 2.24) is 20.6 Å². The van der Waals surface area contributed by atoms with Crippen LogP contribution in [0.3, 0.4) is 0 Å². The van der Waals surface area contributed by atoms with E-state index in [0.29, 0.717) is 68.4 Å². The van der Waals surface area contributed by atoms with Gasteiger partial charge in [-0.1, -0.05) is 0 Å². The average molecular weight is 561 g/mol. The Morgan fingerprint density at radius 1 is 0.925 bits per heavy atom. The number of carbonyl (C=O) groups excluding carboxylic acids is 2. The fourth-order valence-corrected chi connectivity index (χ4v) is 3.78. The van der Waals surface area contributed by atoms with Crippen molar-refractivity contribution in [3.05, 3.63) is 29.5 Å². The number of nitrogens with two attached hydrogens (primary N) is 2. The smallest absolute Gasteiger partial charge is 0.407 e. The van der Waals surface area contributed by atoms with Gasteiger partial charge < -0.3 is 41.0 Å². The molecule has 12 nitrogen and oxygen atoms in total. The van der Waals surface area contributed by atoms with Crippen molar-refractivity contribution in [2.24, 2.45) is 0 Å². The van der Waals surface area contributed by atoms with Crippen LogP contribution in [-0.4, -0.2) is 61.5 Å². The Morgan fingerprint density at radius 3 is 2.17 bits per heavy atom. The van der Waals surface area contributed by atoms with E-state index >= 15 is 0 Å². The predicted octanol–water partition coefficient (Wildman–Crippen LogP) is 3.61. The molecule has 12 heteroatoms. The van der Waals surface area contributed by atoms with Crippen molar-refractivity contribution in [2.45, 2.75) is 71.3 Å². The Morgan fingerprint density at radius 2 is 1.57 bits per heavy atom. The normalized spacial score (nSPS) is 11.0. The molecule has 1 aromatic heterocycles. The van der Waals surface area contributed by atoms with Crippen molar-refractivity contribution in [1.29, 1.82) is 0 Å². The molecule has 0 unspecified atom stereocenters. The fraction of sp³-hybridized carbons (Fsp3) is 0.571. The van der Waals surface area contributed by atoms with Gasteiger partial charge in [0.15, 0.2) is 11.5 Å². The van der Waals surface area contributed by atoms with Crippen LogP contribution in [0.2, 0.25) is 0 Å². The van der Waals surface area contributed by atoms with E-state index in [-0.39, 0.29) is 11.9 Å². The summed E-state index contributed by atoms with van der Waals surface area (Å²) in [5, 5.41) is 5.67. The highest BCUT2D eigenvalue weighted by Crippen LogP contribution is 2.39. The summed E-state index contributed by atoms with van der Waals surface area (Å²) in [6, 6.07) is 3.71. The van der Waals surface area contributed by atoms with Gasteiger partial charge in [0, 0.05) is 37.7 Å². The second kappa shape index (κ2) is 16.2. The second-order valence-electron chi connectivity index (χ2n) is 10.3. The maximum atomic E-state index is 12.1. The zero-order valence-electron chi connectivity index (χ0n) is 24.3. The molecule has 0 saturated heterocycles. The lowest BCUT2D eigenvalue weighted by Gasteiger charge is -2.19. The maximum Gasteiger partial charge on any atom is 0.407 e. The first-order valence-electron chi connectivity index (χ1n) is 13.5. The van der Waals surface area contributed by atoms with Crippen molar-refractivity contribution in [2.75, 3.05) is 45.4 Å². The third kappa shape index (κ3) is 11.8. The van der Waals surface area contributed by atoms with Crippen molar-refractivity contribution >= 4 is 23.8 Å². The largest absolute Gasteiger partial charge is 0.493 e. The molecule has 2 amide bonds. The summed E-state index contributed by atoms with van der Waals surface area (Å²) >= 11 is 0. The number of nitrogens with one attached hydrogen (secondary N) is 2. The van der Waals surface area contributed by atoms with Crippen LogP contribution in [-0.2, 0) is 16.0 Å². The van der Waals surface area contributed by atoms with Crippen molar-refractivity contribution in [3.8, 4) is 17.2 Å². The highest BCUT2D eigenvalue weighted by atomic mass is 16.6. The van der Waals surface area contributed by atoms with Crippen LogP contribution in [0.4, 0.5) is 16.6 Å². The number of rotatable bonds is 16. The molecule has 2 aromatic rings. The Balaban J connectivity index is 1.67. The third-order valence-corrected chi connectivity index (χ3v) is 5.72. The Kier molecular flexibility index (Phi) is 13.1. The number of unbranched alkanes of at least 4 members (excludes halogenated alkanes) is 3. The van der Waals surface area contributed by atoms with Gasteiger partial charge in [0.05, 0.1) is 20.8 Å². The standard InChI is InChI=1S/C28H44N6O6/c1-28(2,3)40-27(36)32-13-9-6-8-12-31-23(35)11-7-10-14-39-24-21(37-4)16-19(17-22(24)38-5)15-20-18-33-26(30)34-25(20)29/h16-18H,6-15H2,1-5H3,(H,31,35)(H,32,36)(H4,29,30,33,34). The number of nitrogens with zero attached hydrogens (tertiary/aromatic N) is 2. The molecule has 40 heavy (non-hydrogen) atoms. The number of anilines is 2. The molecule has 6 N–H and O–H groups in total. The first kappa shape index (κ1) is 32.3. The first-order valence-corrected chi connectivity index (χ1v) is 13.5. The third-order valence-electron chi connectivity index (χ3n) is 5.72. The van der Waals surface area contributed by atoms with E-state index in [1.165, 1.54) is 0 Å². The van der Waals surface area contributed by atoms with Crippen LogP contribution in [0.15, 0.2) is 18.3 Å². The van der Waals surface area contributed by atoms with E-state index in [4.69, 9.17) is 30.4 Å². The summed E-state index contributed by atoms with van der Waals surface area (Å²) in [5.74, 6) is 2.02. The van der Waals surface area contributed by atoms with Crippen LogP contribution >= 0.6 is 0 Å². The number of aromatic nitrogens is 2. The van der Waals surface area contributed by atoms with Crippen LogP contribution in [0.25, 0.3) is 0 Å². The summed E-state index contributed by atoms with van der Waals surface area (Å²) < 4.78 is 22.2. The molecule has 1 heterocycles. The number of hydrogen-bond acceptors (Lipinski definition) is 10. The number of nitrogen functional groups attached to an aromatic ring is 2. The van der Waals surface area contributed by atoms with Crippen LogP contribution in [0.1, 0.15) is 70.4 Å². The Labute approximate surface area is 236 Å². The van der Waals surface area contributed by atoms with E-state index in [2.05, 4.69) is 20.6 Å². The lowest BCUT2D eigenvalue weighted by atomic mass is 10.1. The fourth-order valence-electron chi connectivity index (χ4n) is 3.78. The van der Waals surface area contributed by atoms with Gasteiger partial charge in [-0.15, -0.1) is 0 Å². The van der Waals surface area contributed by atoms with Gasteiger partial charge in [0.1, 0.15) is 11.4 Å². The minimum atomic E-state index is -0.503. The lowest BCUT2D eigenvalue weighted by molar-refractivity contribution is -0.121. The SMILES string of the molecule is COc1cc(Cc2cnc(N)nc2N)cc(OC)c1OCCCCC(=O)NCCCCCNC(=O)OC(C)(C)C. The molecular formula is C28H44N6O6. The minimum Gasteiger partial charge on any atom is -0.493 e. The van der Waals surface area contributed by atoms with Gasteiger partial charge in [0.25, 0.3) is 0 Å². The molecular weight excluding hydrogens is 516 g/mol. The zero-order valence-corrected chi connectivity index (χ0v) is 24.3. The van der Waals surface area contributed by atoms with Gasteiger partial charge in [0.2, 0.25) is 17.6 Å². The number of alkyl carbamates (subject to hydrolysis) is 1. The molecule has 0 bridgehead atoms. The predicted molar refractivity (Wildman–Crippen MR) is 154 cm³/mol. The lowest BCUT2D eigenvalue weighted by Crippen LogP contribution is -2.33. The summed E-state index contributed by atoms with van der Waals surface area (Å²) in [6.45, 7) is 7.04. The van der Waals surface area contributed by atoms with Crippen LogP contribution < -0.4 is 36.3 Å². The van der Waals surface area contributed by atoms with Gasteiger partial charge in [-0.2, -0.15) is 4.98 Å². The number of carbonyl (C=O) groups is 2. The van der Waals surface area contributed by atoms with E-state index < -0.39 is 11.7 Å². The molecule has 1 aromatic carbocycles. The number of ether oxygens (including phenoxy) is 4. The molecule has 2 rings (SSSR count). The average Bonchev–Trinajstić information content (AvgIpc) is 2.88. The Bertz CT molecular complexity index is 1080. The maximum absolute atomic E-state index is 12.1. The molecule has 0 aliphatic carbocycles. The highest BCUT2D eigenvalue weighted by molar-refractivity contribution is 5.75. The summed E-state index contributed by atoms with van der Waals surface area (Å²) in [5.41, 5.74) is 12.7. The second-order valence-corrected chi connectivity index (χ2v) is 10.3. The summed E-state index contributed by atoms with van der Waals surface area (Å²) in [4.78, 5) is 31.7. The van der Waals surface area contributed by atoms with Gasteiger partial charge in [-0.05, 0) is 70.6 Å². The van der Waals surface area contributed by atoms with E-state index in [0.717, 1.165) is 30.4 Å². The van der Waals surface area contributed by atoms with E-state index in [1.54, 1.807) is 20.4 Å². The summed E-state index contributed by atoms with van der Waals surface area (Å²) in [6.07, 6.45) is 6.02. The molecule has 0 radical (unpaired) electrons. The minimum absolute atomic E-state index is 0.0114. The van der Waals surface area contributed by atoms with E-state index in [1.807, 2.05) is 32.9 Å². The molecule has 0 fully saturated rings. The summed E-state index contributed by atoms with van der Waals surface area (Å²) in [7, 11) is 3.13. The molecule has 0 spiro atoms. The van der Waals surface area contributed by atoms with Crippen molar-refractivity contribution in [3.63, 3.8) is 0 Å². The number of methoxy groups -OCH3 is 2. The van der Waals surface area contributed by atoms with Gasteiger partial charge >= 0.3 is 6.09 Å². The quantitative estimate of drug-likeness (QED) is 0.222. The molecule has 0 aliphatic rings. The molecule has 0 saturated carbocycles. The zero-order chi connectivity index (χ0) is 29.5. The topological polar surface area (TPSA) is 173 Å².